The van der Waals surface area contributed by atoms with E-state index in [1.807, 2.05) is 0 Å². The number of halogens is 2. The summed E-state index contributed by atoms with van der Waals surface area (Å²) in [5.74, 6) is -2.80. The molecular formula is C10H18F2O. The second kappa shape index (κ2) is 2.25. The third kappa shape index (κ3) is 1.06. The van der Waals surface area contributed by atoms with Gasteiger partial charge in [0.25, 0.3) is 5.92 Å². The number of hydrogen-bond donors (Lipinski definition) is 0. The van der Waals surface area contributed by atoms with Crippen molar-refractivity contribution in [3.05, 3.63) is 0 Å². The Labute approximate surface area is 78.5 Å². The van der Waals surface area contributed by atoms with Crippen LogP contribution in [0.2, 0.25) is 0 Å². The minimum atomic E-state index is -2.80. The van der Waals surface area contributed by atoms with Crippen molar-refractivity contribution >= 4 is 0 Å². The maximum Gasteiger partial charge on any atom is 0.283 e. The average molecular weight is 192 g/mol. The first kappa shape index (κ1) is 10.9. The number of rotatable bonds is 0. The molecule has 1 aliphatic rings. The Kier molecular flexibility index (Phi) is 1.88. The molecule has 1 saturated heterocycles. The molecule has 0 radical (unpaired) electrons. The van der Waals surface area contributed by atoms with Crippen LogP contribution in [-0.4, -0.2) is 17.1 Å². The maximum absolute atomic E-state index is 13.9. The monoisotopic (exact) mass is 192 g/mol. The van der Waals surface area contributed by atoms with E-state index in [1.54, 1.807) is 27.7 Å². The number of ether oxygens (including phenoxy) is 1. The fourth-order valence-corrected chi connectivity index (χ4v) is 1.96. The van der Waals surface area contributed by atoms with E-state index in [-0.39, 0.29) is 0 Å². The van der Waals surface area contributed by atoms with Crippen LogP contribution in [-0.2, 0) is 4.74 Å². The van der Waals surface area contributed by atoms with Crippen LogP contribution in [0.1, 0.15) is 41.5 Å². The van der Waals surface area contributed by atoms with Crippen LogP contribution in [0.15, 0.2) is 0 Å². The predicted octanol–water partition coefficient (Wildman–Crippen LogP) is 3.24. The van der Waals surface area contributed by atoms with Crippen LogP contribution in [0.5, 0.6) is 0 Å². The maximum atomic E-state index is 13.9. The van der Waals surface area contributed by atoms with Crippen molar-refractivity contribution in [2.75, 3.05) is 0 Å². The van der Waals surface area contributed by atoms with Gasteiger partial charge in [-0.15, -0.1) is 0 Å². The van der Waals surface area contributed by atoms with Gasteiger partial charge in [0, 0.05) is 0 Å². The summed E-state index contributed by atoms with van der Waals surface area (Å²) in [5.41, 5.74) is -3.30. The van der Waals surface area contributed by atoms with E-state index in [4.69, 9.17) is 4.74 Å². The Morgan fingerprint density at radius 1 is 0.769 bits per heavy atom. The molecule has 78 valence electrons. The molecule has 1 heterocycles. The molecular weight excluding hydrogens is 174 g/mol. The van der Waals surface area contributed by atoms with Crippen molar-refractivity contribution in [2.45, 2.75) is 58.7 Å². The molecule has 0 aromatic carbocycles. The van der Waals surface area contributed by atoms with Crippen molar-refractivity contribution in [3.63, 3.8) is 0 Å². The number of hydrogen-bond acceptors (Lipinski definition) is 1. The lowest BCUT2D eigenvalue weighted by Gasteiger charge is -2.36. The zero-order valence-electron chi connectivity index (χ0n) is 9.16. The molecule has 1 aliphatic heterocycles. The van der Waals surface area contributed by atoms with Crippen molar-refractivity contribution < 1.29 is 13.5 Å². The Balaban J connectivity index is 3.24. The molecule has 3 heteroatoms. The van der Waals surface area contributed by atoms with E-state index in [9.17, 15) is 8.78 Å². The van der Waals surface area contributed by atoms with Gasteiger partial charge in [0.15, 0.2) is 0 Å². The smallest absolute Gasteiger partial charge is 0.283 e. The molecule has 1 nitrogen and oxygen atoms in total. The highest BCUT2D eigenvalue weighted by molar-refractivity contribution is 5.12. The van der Waals surface area contributed by atoms with E-state index in [2.05, 4.69) is 0 Å². The van der Waals surface area contributed by atoms with Gasteiger partial charge in [-0.2, -0.15) is 0 Å². The fourth-order valence-electron chi connectivity index (χ4n) is 1.96. The van der Waals surface area contributed by atoms with Gasteiger partial charge in [-0.25, -0.2) is 8.78 Å². The summed E-state index contributed by atoms with van der Waals surface area (Å²) >= 11 is 0. The highest BCUT2D eigenvalue weighted by Gasteiger charge is 2.71. The highest BCUT2D eigenvalue weighted by atomic mass is 19.3. The zero-order valence-corrected chi connectivity index (χ0v) is 9.16. The third-order valence-electron chi connectivity index (χ3n) is 3.56. The SMILES string of the molecule is CC1(C)OC(C)(C)C(F)(F)C1(C)C. The van der Waals surface area contributed by atoms with Gasteiger partial charge in [0.1, 0.15) is 5.60 Å². The van der Waals surface area contributed by atoms with Crippen molar-refractivity contribution in [3.8, 4) is 0 Å². The van der Waals surface area contributed by atoms with E-state index >= 15 is 0 Å². The van der Waals surface area contributed by atoms with Crippen LogP contribution in [0, 0.1) is 5.41 Å². The van der Waals surface area contributed by atoms with E-state index in [0.29, 0.717) is 0 Å². The molecule has 0 aromatic heterocycles. The van der Waals surface area contributed by atoms with Gasteiger partial charge in [0.2, 0.25) is 0 Å². The quantitative estimate of drug-likeness (QED) is 0.572. The first-order valence-electron chi connectivity index (χ1n) is 4.54. The standard InChI is InChI=1S/C10H18F2O/c1-7(2)8(3,4)13-9(5,6)10(7,11)12/h1-6H3. The van der Waals surface area contributed by atoms with Crippen molar-refractivity contribution in [2.24, 2.45) is 5.41 Å². The van der Waals surface area contributed by atoms with Crippen LogP contribution < -0.4 is 0 Å². The Hall–Kier alpha value is -0.180. The molecule has 0 N–H and O–H groups in total. The van der Waals surface area contributed by atoms with Gasteiger partial charge in [-0.3, -0.25) is 0 Å². The Morgan fingerprint density at radius 2 is 1.15 bits per heavy atom. The van der Waals surface area contributed by atoms with Crippen LogP contribution >= 0.6 is 0 Å². The van der Waals surface area contributed by atoms with Crippen LogP contribution in [0.3, 0.4) is 0 Å². The van der Waals surface area contributed by atoms with Crippen LogP contribution in [0.25, 0.3) is 0 Å². The average Bonchev–Trinajstić information content (AvgIpc) is 1.88. The summed E-state index contributed by atoms with van der Waals surface area (Å²) in [6.45, 7) is 9.45. The lowest BCUT2D eigenvalue weighted by Crippen LogP contribution is -2.49. The molecule has 0 aliphatic carbocycles. The van der Waals surface area contributed by atoms with Gasteiger partial charge in [-0.1, -0.05) is 13.8 Å². The fraction of sp³-hybridized carbons (Fsp3) is 1.00. The first-order chi connectivity index (χ1) is 5.46. The minimum absolute atomic E-state index is 0.792. The largest absolute Gasteiger partial charge is 0.363 e. The summed E-state index contributed by atoms with van der Waals surface area (Å²) in [7, 11) is 0. The summed E-state index contributed by atoms with van der Waals surface area (Å²) in [4.78, 5) is 0. The first-order valence-corrected chi connectivity index (χ1v) is 4.54. The normalized spacial score (nSPS) is 33.2. The summed E-state index contributed by atoms with van der Waals surface area (Å²) in [6.07, 6.45) is 0. The second-order valence-corrected chi connectivity index (χ2v) is 5.32. The zero-order chi connectivity index (χ0) is 10.7. The predicted molar refractivity (Wildman–Crippen MR) is 48.0 cm³/mol. The summed E-state index contributed by atoms with van der Waals surface area (Å²) in [6, 6.07) is 0. The van der Waals surface area contributed by atoms with Crippen LogP contribution in [0.4, 0.5) is 8.78 Å². The molecule has 1 rings (SSSR count). The molecule has 13 heavy (non-hydrogen) atoms. The third-order valence-corrected chi connectivity index (χ3v) is 3.56. The Bertz CT molecular complexity index is 205. The molecule has 0 amide bonds. The molecule has 0 unspecified atom stereocenters. The molecule has 0 aromatic rings. The van der Waals surface area contributed by atoms with Gasteiger partial charge >= 0.3 is 0 Å². The van der Waals surface area contributed by atoms with E-state index < -0.39 is 22.5 Å². The molecule has 1 fully saturated rings. The lowest BCUT2D eigenvalue weighted by molar-refractivity contribution is -0.156. The topological polar surface area (TPSA) is 9.23 Å². The molecule has 0 atom stereocenters. The van der Waals surface area contributed by atoms with Crippen molar-refractivity contribution in [1.29, 1.82) is 0 Å². The lowest BCUT2D eigenvalue weighted by atomic mass is 9.71. The van der Waals surface area contributed by atoms with Gasteiger partial charge in [0.05, 0.1) is 11.0 Å². The van der Waals surface area contributed by atoms with Crippen molar-refractivity contribution in [1.82, 2.24) is 0 Å². The van der Waals surface area contributed by atoms with E-state index in [0.717, 1.165) is 0 Å². The van der Waals surface area contributed by atoms with Gasteiger partial charge < -0.3 is 4.74 Å². The minimum Gasteiger partial charge on any atom is -0.363 e. The molecule has 0 spiro atoms. The summed E-state index contributed by atoms with van der Waals surface area (Å²) < 4.78 is 33.2. The molecule has 0 bridgehead atoms. The number of alkyl halides is 2. The van der Waals surface area contributed by atoms with E-state index in [1.165, 1.54) is 13.8 Å². The summed E-state index contributed by atoms with van der Waals surface area (Å²) in [5, 5.41) is 0. The van der Waals surface area contributed by atoms with Gasteiger partial charge in [-0.05, 0) is 27.7 Å². The Morgan fingerprint density at radius 3 is 1.23 bits per heavy atom. The second-order valence-electron chi connectivity index (χ2n) is 5.32. The molecule has 0 saturated carbocycles. The highest BCUT2D eigenvalue weighted by Crippen LogP contribution is 2.60.